The molecule has 0 aliphatic heterocycles. The molecule has 0 aromatic carbocycles. The van der Waals surface area contributed by atoms with Gasteiger partial charge in [0.05, 0.1) is 12.8 Å². The summed E-state index contributed by atoms with van der Waals surface area (Å²) < 4.78 is 5.05. The van der Waals surface area contributed by atoms with E-state index in [1.165, 1.54) is 6.33 Å². The second-order valence-electron chi connectivity index (χ2n) is 2.39. The van der Waals surface area contributed by atoms with Gasteiger partial charge in [-0.2, -0.15) is 0 Å². The van der Waals surface area contributed by atoms with Crippen molar-refractivity contribution in [2.75, 3.05) is 7.11 Å². The Morgan fingerprint density at radius 2 is 2.17 bits per heavy atom. The molecule has 0 fully saturated rings. The molecule has 1 heterocycles. The first-order valence-electron chi connectivity index (χ1n) is 3.78. The summed E-state index contributed by atoms with van der Waals surface area (Å²) >= 11 is 0. The maximum Gasteiger partial charge on any atom is 0.219 e. The van der Waals surface area contributed by atoms with Crippen molar-refractivity contribution in [2.24, 2.45) is 0 Å². The molecule has 0 saturated heterocycles. The van der Waals surface area contributed by atoms with E-state index in [1.54, 1.807) is 7.11 Å². The Kier molecular flexibility index (Phi) is 2.80. The molecule has 0 bridgehead atoms. The highest BCUT2D eigenvalue weighted by Crippen LogP contribution is 2.16. The molecule has 3 heteroatoms. The van der Waals surface area contributed by atoms with Crippen molar-refractivity contribution >= 4 is 6.08 Å². The molecule has 0 N–H and O–H groups in total. The van der Waals surface area contributed by atoms with Crippen LogP contribution in [-0.4, -0.2) is 17.1 Å². The van der Waals surface area contributed by atoms with E-state index in [9.17, 15) is 0 Å². The zero-order valence-electron chi connectivity index (χ0n) is 7.53. The summed E-state index contributed by atoms with van der Waals surface area (Å²) in [5, 5.41) is 0. The van der Waals surface area contributed by atoms with Crippen LogP contribution < -0.4 is 4.74 Å². The molecule has 1 aromatic heterocycles. The van der Waals surface area contributed by atoms with Crippen molar-refractivity contribution in [3.05, 3.63) is 23.7 Å². The Morgan fingerprint density at radius 3 is 2.75 bits per heavy atom. The Labute approximate surface area is 72.1 Å². The lowest BCUT2D eigenvalue weighted by molar-refractivity contribution is 0.393. The minimum Gasteiger partial charge on any atom is -0.481 e. The van der Waals surface area contributed by atoms with Crippen molar-refractivity contribution < 1.29 is 4.74 Å². The minimum atomic E-state index is 0.637. The van der Waals surface area contributed by atoms with Crippen LogP contribution in [-0.2, 0) is 0 Å². The molecule has 0 saturated carbocycles. The summed E-state index contributed by atoms with van der Waals surface area (Å²) in [7, 11) is 1.61. The van der Waals surface area contributed by atoms with E-state index >= 15 is 0 Å². The topological polar surface area (TPSA) is 35.0 Å². The van der Waals surface area contributed by atoms with Gasteiger partial charge in [-0.15, -0.1) is 0 Å². The van der Waals surface area contributed by atoms with Crippen LogP contribution in [0, 0.1) is 6.92 Å². The zero-order chi connectivity index (χ0) is 8.97. The fraction of sp³-hybridized carbons (Fsp3) is 0.333. The highest BCUT2D eigenvalue weighted by Gasteiger charge is 2.02. The van der Waals surface area contributed by atoms with Gasteiger partial charge in [0.1, 0.15) is 6.33 Å². The molecule has 0 spiro atoms. The second-order valence-corrected chi connectivity index (χ2v) is 2.39. The fourth-order valence-electron chi connectivity index (χ4n) is 0.978. The van der Waals surface area contributed by atoms with Crippen LogP contribution in [0.15, 0.2) is 12.4 Å². The lowest BCUT2D eigenvalue weighted by Crippen LogP contribution is -1.95. The van der Waals surface area contributed by atoms with Crippen LogP contribution in [0.2, 0.25) is 0 Å². The molecular formula is C9H12N2O. The maximum absolute atomic E-state index is 5.05. The number of methoxy groups -OCH3 is 1. The highest BCUT2D eigenvalue weighted by molar-refractivity contribution is 5.50. The molecule has 0 aliphatic rings. The van der Waals surface area contributed by atoms with Crippen molar-refractivity contribution in [1.82, 2.24) is 9.97 Å². The number of rotatable bonds is 2. The van der Waals surface area contributed by atoms with Crippen LogP contribution in [0.1, 0.15) is 18.2 Å². The van der Waals surface area contributed by atoms with Crippen LogP contribution in [0.4, 0.5) is 0 Å². The number of hydrogen-bond acceptors (Lipinski definition) is 3. The second kappa shape index (κ2) is 3.85. The van der Waals surface area contributed by atoms with Crippen LogP contribution in [0.25, 0.3) is 6.08 Å². The molecule has 1 aromatic rings. The molecule has 64 valence electrons. The molecule has 12 heavy (non-hydrogen) atoms. The van der Waals surface area contributed by atoms with Crippen LogP contribution in [0.3, 0.4) is 0 Å². The zero-order valence-corrected chi connectivity index (χ0v) is 7.53. The smallest absolute Gasteiger partial charge is 0.219 e. The van der Waals surface area contributed by atoms with Gasteiger partial charge in [0.25, 0.3) is 0 Å². The van der Waals surface area contributed by atoms with Gasteiger partial charge in [-0.25, -0.2) is 9.97 Å². The lowest BCUT2D eigenvalue weighted by atomic mass is 10.2. The van der Waals surface area contributed by atoms with Gasteiger partial charge < -0.3 is 4.74 Å². The average Bonchev–Trinajstić information content (AvgIpc) is 2.09. The molecule has 0 unspecified atom stereocenters. The van der Waals surface area contributed by atoms with Crippen LogP contribution in [0.5, 0.6) is 5.88 Å². The van der Waals surface area contributed by atoms with Crippen molar-refractivity contribution in [3.63, 3.8) is 0 Å². The van der Waals surface area contributed by atoms with E-state index in [-0.39, 0.29) is 0 Å². The highest BCUT2D eigenvalue weighted by atomic mass is 16.5. The summed E-state index contributed by atoms with van der Waals surface area (Å²) in [6, 6.07) is 0. The number of hydrogen-bond donors (Lipinski definition) is 0. The SMILES string of the molecule is C/C=C\c1ncnc(OC)c1C. The molecule has 1 rings (SSSR count). The Hall–Kier alpha value is -1.38. The standard InChI is InChI=1S/C9H12N2O/c1-4-5-8-7(2)9(12-3)11-6-10-8/h4-6H,1-3H3/b5-4-. The number of aromatic nitrogens is 2. The van der Waals surface area contributed by atoms with Crippen molar-refractivity contribution in [3.8, 4) is 5.88 Å². The number of allylic oxidation sites excluding steroid dienone is 1. The minimum absolute atomic E-state index is 0.637. The summed E-state index contributed by atoms with van der Waals surface area (Å²) in [4.78, 5) is 8.07. The largest absolute Gasteiger partial charge is 0.481 e. The van der Waals surface area contributed by atoms with Gasteiger partial charge in [0.15, 0.2) is 0 Å². The van der Waals surface area contributed by atoms with E-state index in [0.29, 0.717) is 5.88 Å². The number of nitrogens with zero attached hydrogens (tertiary/aromatic N) is 2. The van der Waals surface area contributed by atoms with Gasteiger partial charge in [0.2, 0.25) is 5.88 Å². The first-order valence-corrected chi connectivity index (χ1v) is 3.78. The third-order valence-electron chi connectivity index (χ3n) is 1.59. The summed E-state index contributed by atoms with van der Waals surface area (Å²) in [5.41, 5.74) is 1.88. The predicted octanol–water partition coefficient (Wildman–Crippen LogP) is 1.83. The van der Waals surface area contributed by atoms with Gasteiger partial charge in [0, 0.05) is 5.56 Å². The van der Waals surface area contributed by atoms with Crippen molar-refractivity contribution in [2.45, 2.75) is 13.8 Å². The normalized spacial score (nSPS) is 10.6. The Morgan fingerprint density at radius 1 is 1.42 bits per heavy atom. The molecular weight excluding hydrogens is 152 g/mol. The lowest BCUT2D eigenvalue weighted by Gasteiger charge is -2.03. The fourth-order valence-corrected chi connectivity index (χ4v) is 0.978. The molecule has 3 nitrogen and oxygen atoms in total. The van der Waals surface area contributed by atoms with E-state index in [4.69, 9.17) is 4.74 Å². The first kappa shape index (κ1) is 8.71. The van der Waals surface area contributed by atoms with Gasteiger partial charge >= 0.3 is 0 Å². The van der Waals surface area contributed by atoms with Gasteiger partial charge in [-0.1, -0.05) is 6.08 Å². The summed E-state index contributed by atoms with van der Waals surface area (Å²) in [6.07, 6.45) is 5.37. The summed E-state index contributed by atoms with van der Waals surface area (Å²) in [6.45, 7) is 3.89. The first-order chi connectivity index (χ1) is 5.79. The van der Waals surface area contributed by atoms with Gasteiger partial charge in [-0.3, -0.25) is 0 Å². The quantitative estimate of drug-likeness (QED) is 0.668. The van der Waals surface area contributed by atoms with E-state index < -0.39 is 0 Å². The Bertz CT molecular complexity index is 295. The van der Waals surface area contributed by atoms with E-state index in [2.05, 4.69) is 9.97 Å². The third kappa shape index (κ3) is 1.61. The number of ether oxygens (including phenoxy) is 1. The van der Waals surface area contributed by atoms with E-state index in [0.717, 1.165) is 11.3 Å². The molecule has 0 amide bonds. The predicted molar refractivity (Wildman–Crippen MR) is 48.0 cm³/mol. The third-order valence-corrected chi connectivity index (χ3v) is 1.59. The molecule has 0 radical (unpaired) electrons. The van der Waals surface area contributed by atoms with E-state index in [1.807, 2.05) is 26.0 Å². The van der Waals surface area contributed by atoms with Gasteiger partial charge in [-0.05, 0) is 19.9 Å². The average molecular weight is 164 g/mol. The monoisotopic (exact) mass is 164 g/mol. The molecule has 0 aliphatic carbocycles. The summed E-state index contributed by atoms with van der Waals surface area (Å²) in [5.74, 6) is 0.637. The van der Waals surface area contributed by atoms with Crippen LogP contribution >= 0.6 is 0 Å². The molecule has 0 atom stereocenters. The maximum atomic E-state index is 5.05. The van der Waals surface area contributed by atoms with Crippen molar-refractivity contribution in [1.29, 1.82) is 0 Å². The Balaban J connectivity index is 3.13.